The van der Waals surface area contributed by atoms with Crippen molar-refractivity contribution in [1.82, 2.24) is 10.3 Å². The topological polar surface area (TPSA) is 67.2 Å². The number of pyridine rings is 1. The Morgan fingerprint density at radius 2 is 1.93 bits per heavy atom. The Morgan fingerprint density at radius 1 is 1.22 bits per heavy atom. The van der Waals surface area contributed by atoms with Crippen molar-refractivity contribution in [3.8, 4) is 11.8 Å². The fraction of sp³-hybridized carbons (Fsp3) is 0.455. The number of nitrogens with one attached hydrogen (secondary N) is 1. The number of benzene rings is 1. The highest BCUT2D eigenvalue weighted by atomic mass is 16.7. The molecule has 1 N–H and O–H groups in total. The fourth-order valence-electron chi connectivity index (χ4n) is 2.86. The van der Waals surface area contributed by atoms with Gasteiger partial charge in [0.25, 0.3) is 0 Å². The van der Waals surface area contributed by atoms with Crippen LogP contribution in [-0.2, 0) is 24.3 Å². The second-order valence-corrected chi connectivity index (χ2v) is 6.70. The molecular weight excluding hydrogens is 338 g/mol. The molecular formula is C22H29N3O2. The Morgan fingerprint density at radius 3 is 2.59 bits per heavy atom. The number of fused-ring (bicyclic) bond motifs is 1. The van der Waals surface area contributed by atoms with Crippen molar-refractivity contribution in [1.29, 1.82) is 5.26 Å². The number of hydrogen-bond donors (Lipinski definition) is 1. The lowest BCUT2D eigenvalue weighted by molar-refractivity contribution is -0.180. The van der Waals surface area contributed by atoms with E-state index in [4.69, 9.17) is 14.7 Å². The van der Waals surface area contributed by atoms with Crippen molar-refractivity contribution in [2.24, 2.45) is 0 Å². The molecule has 0 amide bonds. The average Bonchev–Trinajstić information content (AvgIpc) is 2.68. The van der Waals surface area contributed by atoms with Crippen LogP contribution in [0.25, 0.3) is 0 Å². The van der Waals surface area contributed by atoms with Crippen molar-refractivity contribution in [3.63, 3.8) is 0 Å². The van der Waals surface area contributed by atoms with Crippen molar-refractivity contribution in [3.05, 3.63) is 58.4 Å². The summed E-state index contributed by atoms with van der Waals surface area (Å²) in [7, 11) is 0. The summed E-state index contributed by atoms with van der Waals surface area (Å²) in [5.74, 6) is 0.257. The summed E-state index contributed by atoms with van der Waals surface area (Å²) in [6.45, 7) is 12.0. The molecule has 1 aromatic carbocycles. The molecule has 3 rings (SSSR count). The molecule has 1 aliphatic heterocycles. The van der Waals surface area contributed by atoms with E-state index in [1.165, 1.54) is 0 Å². The summed E-state index contributed by atoms with van der Waals surface area (Å²) in [6, 6.07) is 9.77. The molecule has 5 nitrogen and oxygen atoms in total. The monoisotopic (exact) mass is 367 g/mol. The van der Waals surface area contributed by atoms with Crippen LogP contribution in [0.4, 0.5) is 0 Å². The van der Waals surface area contributed by atoms with Crippen LogP contribution in [0.3, 0.4) is 0 Å². The first-order valence-corrected chi connectivity index (χ1v) is 9.48. The number of nitriles is 1. The Kier molecular flexibility index (Phi) is 7.35. The van der Waals surface area contributed by atoms with Gasteiger partial charge in [-0.1, -0.05) is 26.0 Å². The summed E-state index contributed by atoms with van der Waals surface area (Å²) < 4.78 is 11.7. The van der Waals surface area contributed by atoms with Crippen LogP contribution in [0.2, 0.25) is 0 Å². The predicted octanol–water partition coefficient (Wildman–Crippen LogP) is 4.27. The van der Waals surface area contributed by atoms with E-state index in [-0.39, 0.29) is 0 Å². The molecule has 144 valence electrons. The molecule has 0 spiro atoms. The minimum absolute atomic E-state index is 0.552. The highest BCUT2D eigenvalue weighted by molar-refractivity contribution is 5.43. The Labute approximate surface area is 162 Å². The zero-order valence-electron chi connectivity index (χ0n) is 16.9. The molecule has 1 aromatic heterocycles. The molecule has 0 saturated heterocycles. The molecule has 2 heterocycles. The normalized spacial score (nSPS) is 14.2. The standard InChI is InChI=1S/C20H23N3O2.C2H6/c1-14-19-18(13-24-20(2,3)25-19)17(12-23-14)8-9-22-11-16-6-4-15(10-21)5-7-16;1-2/h4-7,12,22H,8-9,11,13H2,1-3H3;1-2H3. The number of rotatable bonds is 5. The zero-order valence-corrected chi connectivity index (χ0v) is 16.9. The molecule has 0 saturated carbocycles. The van der Waals surface area contributed by atoms with E-state index in [1.54, 1.807) is 0 Å². The second kappa shape index (κ2) is 9.50. The number of hydrogen-bond acceptors (Lipinski definition) is 5. The first-order valence-electron chi connectivity index (χ1n) is 9.48. The van der Waals surface area contributed by atoms with Crippen LogP contribution in [0.5, 0.6) is 5.75 Å². The average molecular weight is 367 g/mol. The molecule has 5 heteroatoms. The number of aryl methyl sites for hydroxylation is 1. The molecule has 0 fully saturated rings. The summed E-state index contributed by atoms with van der Waals surface area (Å²) in [5.41, 5.74) is 5.01. The van der Waals surface area contributed by atoms with E-state index < -0.39 is 5.79 Å². The lowest BCUT2D eigenvalue weighted by Crippen LogP contribution is -2.36. The third kappa shape index (κ3) is 5.53. The largest absolute Gasteiger partial charge is 0.461 e. The molecule has 0 aliphatic carbocycles. The third-order valence-corrected chi connectivity index (χ3v) is 4.30. The summed E-state index contributed by atoms with van der Waals surface area (Å²) in [6.07, 6.45) is 2.78. The van der Waals surface area contributed by atoms with E-state index >= 15 is 0 Å². The van der Waals surface area contributed by atoms with Crippen LogP contribution < -0.4 is 10.1 Å². The fourth-order valence-corrected chi connectivity index (χ4v) is 2.86. The molecule has 27 heavy (non-hydrogen) atoms. The van der Waals surface area contributed by atoms with E-state index in [9.17, 15) is 0 Å². The van der Waals surface area contributed by atoms with Gasteiger partial charge in [-0.05, 0) is 43.1 Å². The van der Waals surface area contributed by atoms with E-state index in [0.717, 1.165) is 47.6 Å². The third-order valence-electron chi connectivity index (χ3n) is 4.30. The quantitative estimate of drug-likeness (QED) is 0.800. The maximum atomic E-state index is 8.83. The number of nitrogens with zero attached hydrogens (tertiary/aromatic N) is 2. The zero-order chi connectivity index (χ0) is 19.9. The first-order chi connectivity index (χ1) is 13.0. The van der Waals surface area contributed by atoms with Gasteiger partial charge < -0.3 is 14.8 Å². The molecule has 0 bridgehead atoms. The molecule has 0 atom stereocenters. The van der Waals surface area contributed by atoms with Gasteiger partial charge in [-0.25, -0.2) is 0 Å². The molecule has 0 unspecified atom stereocenters. The van der Waals surface area contributed by atoms with Gasteiger partial charge in [0.15, 0.2) is 0 Å². The molecule has 1 aliphatic rings. The van der Waals surface area contributed by atoms with Gasteiger partial charge >= 0.3 is 0 Å². The molecule has 2 aromatic rings. The minimum atomic E-state index is -0.605. The van der Waals surface area contributed by atoms with Crippen LogP contribution in [0.1, 0.15) is 55.6 Å². The van der Waals surface area contributed by atoms with Gasteiger partial charge in [0.1, 0.15) is 5.75 Å². The van der Waals surface area contributed by atoms with Gasteiger partial charge in [-0.2, -0.15) is 5.26 Å². The van der Waals surface area contributed by atoms with Crippen LogP contribution >= 0.6 is 0 Å². The van der Waals surface area contributed by atoms with E-state index in [0.29, 0.717) is 12.2 Å². The number of aromatic nitrogens is 1. The van der Waals surface area contributed by atoms with Crippen molar-refractivity contribution >= 4 is 0 Å². The Hall–Kier alpha value is -2.42. The van der Waals surface area contributed by atoms with Crippen molar-refractivity contribution in [2.45, 2.75) is 60.0 Å². The first kappa shape index (κ1) is 20.9. The highest BCUT2D eigenvalue weighted by Crippen LogP contribution is 2.35. The van der Waals surface area contributed by atoms with Crippen LogP contribution in [0, 0.1) is 18.3 Å². The minimum Gasteiger partial charge on any atom is -0.461 e. The lowest BCUT2D eigenvalue weighted by Gasteiger charge is -2.34. The second-order valence-electron chi connectivity index (χ2n) is 6.70. The summed E-state index contributed by atoms with van der Waals surface area (Å²) >= 11 is 0. The lowest BCUT2D eigenvalue weighted by atomic mass is 10.0. The predicted molar refractivity (Wildman–Crippen MR) is 106 cm³/mol. The van der Waals surface area contributed by atoms with Gasteiger partial charge in [-0.15, -0.1) is 0 Å². The van der Waals surface area contributed by atoms with Crippen molar-refractivity contribution in [2.75, 3.05) is 6.54 Å². The summed E-state index contributed by atoms with van der Waals surface area (Å²) in [5, 5.41) is 12.3. The Balaban J connectivity index is 0.00000126. The number of ether oxygens (including phenoxy) is 2. The van der Waals surface area contributed by atoms with Crippen LogP contribution in [-0.4, -0.2) is 17.3 Å². The van der Waals surface area contributed by atoms with Gasteiger partial charge in [-0.3, -0.25) is 4.98 Å². The van der Waals surface area contributed by atoms with Crippen molar-refractivity contribution < 1.29 is 9.47 Å². The maximum absolute atomic E-state index is 8.83. The van der Waals surface area contributed by atoms with Gasteiger partial charge in [0.05, 0.1) is 23.9 Å². The van der Waals surface area contributed by atoms with Crippen LogP contribution in [0.15, 0.2) is 30.5 Å². The highest BCUT2D eigenvalue weighted by Gasteiger charge is 2.30. The maximum Gasteiger partial charge on any atom is 0.205 e. The van der Waals surface area contributed by atoms with E-state index in [1.807, 2.05) is 65.1 Å². The smallest absolute Gasteiger partial charge is 0.205 e. The van der Waals surface area contributed by atoms with Gasteiger partial charge in [0, 0.05) is 32.2 Å². The Bertz CT molecular complexity index is 792. The van der Waals surface area contributed by atoms with E-state index in [2.05, 4.69) is 16.4 Å². The SMILES string of the molecule is CC.Cc1ncc(CCNCc2ccc(C#N)cc2)c2c1OC(C)(C)OC2. The van der Waals surface area contributed by atoms with Gasteiger partial charge in [0.2, 0.25) is 5.79 Å². The molecule has 0 radical (unpaired) electrons. The summed E-state index contributed by atoms with van der Waals surface area (Å²) in [4.78, 5) is 4.48.